The van der Waals surface area contributed by atoms with Crippen molar-refractivity contribution in [2.24, 2.45) is 0 Å². The Bertz CT molecular complexity index is 1150. The van der Waals surface area contributed by atoms with E-state index >= 15 is 0 Å². The Kier molecular flexibility index (Phi) is 6.02. The quantitative estimate of drug-likeness (QED) is 0.436. The van der Waals surface area contributed by atoms with Gasteiger partial charge in [0, 0.05) is 56.4 Å². The zero-order chi connectivity index (χ0) is 23.4. The lowest BCUT2D eigenvalue weighted by Gasteiger charge is -2.35. The van der Waals surface area contributed by atoms with Crippen molar-refractivity contribution in [1.29, 1.82) is 0 Å². The molecule has 13 nitrogen and oxygen atoms in total. The standard InChI is InChI=1S/C20H18N8O5/c29-20(14-11-16(27(30)31)13-17(12-14)28(32)33)26-9-7-25(8-10-26)19-2-1-18(23-24-19)22-15-3-5-21-6-4-15/h1-6,11-13H,7-10H2,(H,21,22,23). The van der Waals surface area contributed by atoms with E-state index in [0.29, 0.717) is 37.8 Å². The molecule has 1 N–H and O–H groups in total. The number of piperazine rings is 1. The Balaban J connectivity index is 1.40. The normalized spacial score (nSPS) is 13.5. The first-order chi connectivity index (χ1) is 15.9. The number of nitrogens with one attached hydrogen (secondary N) is 1. The zero-order valence-electron chi connectivity index (χ0n) is 17.2. The molecule has 13 heteroatoms. The van der Waals surface area contributed by atoms with Crippen molar-refractivity contribution in [2.45, 2.75) is 0 Å². The first kappa shape index (κ1) is 21.5. The average Bonchev–Trinajstić information content (AvgIpc) is 2.84. The fourth-order valence-electron chi connectivity index (χ4n) is 3.39. The molecule has 0 radical (unpaired) electrons. The van der Waals surface area contributed by atoms with Gasteiger partial charge in [-0.1, -0.05) is 0 Å². The second-order valence-corrected chi connectivity index (χ2v) is 7.17. The number of nitrogens with zero attached hydrogens (tertiary/aromatic N) is 7. The van der Waals surface area contributed by atoms with Gasteiger partial charge in [-0.15, -0.1) is 10.2 Å². The summed E-state index contributed by atoms with van der Waals surface area (Å²) in [5.74, 6) is 0.726. The number of nitro benzene ring substituents is 2. The molecule has 1 aromatic carbocycles. The summed E-state index contributed by atoms with van der Waals surface area (Å²) in [7, 11) is 0. The summed E-state index contributed by atoms with van der Waals surface area (Å²) in [5, 5.41) is 33.7. The lowest BCUT2D eigenvalue weighted by molar-refractivity contribution is -0.394. The van der Waals surface area contributed by atoms with Crippen molar-refractivity contribution in [2.75, 3.05) is 36.4 Å². The molecule has 1 aliphatic rings. The number of hydrogen-bond donors (Lipinski definition) is 1. The van der Waals surface area contributed by atoms with Crippen molar-refractivity contribution in [1.82, 2.24) is 20.1 Å². The summed E-state index contributed by atoms with van der Waals surface area (Å²) in [4.78, 5) is 40.9. The van der Waals surface area contributed by atoms with E-state index < -0.39 is 27.1 Å². The minimum atomic E-state index is -0.756. The number of carbonyl (C=O) groups excluding carboxylic acids is 1. The molecule has 0 atom stereocenters. The molecule has 2 aromatic heterocycles. The zero-order valence-corrected chi connectivity index (χ0v) is 17.2. The molecule has 4 rings (SSSR count). The number of aromatic nitrogens is 3. The number of benzene rings is 1. The SMILES string of the molecule is O=C(c1cc([N+](=O)[O-])cc([N+](=O)[O-])c1)N1CCN(c2ccc(Nc3ccncc3)nn2)CC1. The smallest absolute Gasteiger partial charge is 0.277 e. The molecule has 168 valence electrons. The summed E-state index contributed by atoms with van der Waals surface area (Å²) in [5.41, 5.74) is -0.250. The summed E-state index contributed by atoms with van der Waals surface area (Å²) in [6, 6.07) is 10.2. The maximum absolute atomic E-state index is 12.8. The number of rotatable bonds is 6. The van der Waals surface area contributed by atoms with E-state index in [-0.39, 0.29) is 5.56 Å². The van der Waals surface area contributed by atoms with Crippen molar-refractivity contribution >= 4 is 34.6 Å². The van der Waals surface area contributed by atoms with Gasteiger partial charge in [0.05, 0.1) is 21.5 Å². The van der Waals surface area contributed by atoms with Gasteiger partial charge < -0.3 is 15.1 Å². The van der Waals surface area contributed by atoms with E-state index in [4.69, 9.17) is 0 Å². The molecule has 1 amide bonds. The van der Waals surface area contributed by atoms with Gasteiger partial charge in [-0.2, -0.15) is 0 Å². The third-order valence-electron chi connectivity index (χ3n) is 5.07. The highest BCUT2D eigenvalue weighted by atomic mass is 16.6. The molecule has 0 aliphatic carbocycles. The largest absolute Gasteiger partial charge is 0.352 e. The lowest BCUT2D eigenvalue weighted by atomic mass is 10.1. The van der Waals surface area contributed by atoms with Gasteiger partial charge in [-0.05, 0) is 24.3 Å². The van der Waals surface area contributed by atoms with Gasteiger partial charge in [0.1, 0.15) is 0 Å². The van der Waals surface area contributed by atoms with Crippen LogP contribution >= 0.6 is 0 Å². The number of carbonyl (C=O) groups is 1. The van der Waals surface area contributed by atoms with E-state index in [1.54, 1.807) is 18.5 Å². The monoisotopic (exact) mass is 450 g/mol. The molecule has 0 unspecified atom stereocenters. The topological polar surface area (TPSA) is 161 Å². The van der Waals surface area contributed by atoms with Crippen LogP contribution in [0.5, 0.6) is 0 Å². The molecule has 3 aromatic rings. The molecule has 3 heterocycles. The van der Waals surface area contributed by atoms with E-state index in [1.165, 1.54) is 4.90 Å². The average molecular weight is 450 g/mol. The van der Waals surface area contributed by atoms with Crippen LogP contribution < -0.4 is 10.2 Å². The summed E-state index contributed by atoms with van der Waals surface area (Å²) in [6.45, 7) is 1.59. The van der Waals surface area contributed by atoms with Crippen LogP contribution in [-0.4, -0.2) is 62.0 Å². The number of anilines is 3. The summed E-state index contributed by atoms with van der Waals surface area (Å²) < 4.78 is 0. The highest BCUT2D eigenvalue weighted by molar-refractivity contribution is 5.95. The number of amides is 1. The summed E-state index contributed by atoms with van der Waals surface area (Å²) in [6.07, 6.45) is 3.33. The van der Waals surface area contributed by atoms with Crippen LogP contribution in [0.25, 0.3) is 0 Å². The molecular weight excluding hydrogens is 432 g/mol. The van der Waals surface area contributed by atoms with Gasteiger partial charge in [0.2, 0.25) is 0 Å². The van der Waals surface area contributed by atoms with E-state index in [9.17, 15) is 25.0 Å². The third kappa shape index (κ3) is 4.98. The van der Waals surface area contributed by atoms with Crippen molar-refractivity contribution in [3.8, 4) is 0 Å². The molecule has 0 saturated carbocycles. The van der Waals surface area contributed by atoms with Crippen molar-refractivity contribution < 1.29 is 14.6 Å². The van der Waals surface area contributed by atoms with Crippen LogP contribution in [0.1, 0.15) is 10.4 Å². The minimum Gasteiger partial charge on any atom is -0.352 e. The molecule has 0 bridgehead atoms. The molecule has 0 spiro atoms. The molecule has 1 fully saturated rings. The predicted octanol–water partition coefficient (Wildman–Crippen LogP) is 2.39. The highest BCUT2D eigenvalue weighted by Crippen LogP contribution is 2.24. The van der Waals surface area contributed by atoms with Crippen LogP contribution in [0.15, 0.2) is 54.9 Å². The minimum absolute atomic E-state index is 0.0873. The van der Waals surface area contributed by atoms with Gasteiger partial charge in [-0.3, -0.25) is 30.0 Å². The Morgan fingerprint density at radius 3 is 2.06 bits per heavy atom. The summed E-state index contributed by atoms with van der Waals surface area (Å²) >= 11 is 0. The lowest BCUT2D eigenvalue weighted by Crippen LogP contribution is -2.49. The third-order valence-corrected chi connectivity index (χ3v) is 5.07. The Morgan fingerprint density at radius 1 is 0.879 bits per heavy atom. The Morgan fingerprint density at radius 2 is 1.52 bits per heavy atom. The fourth-order valence-corrected chi connectivity index (χ4v) is 3.39. The van der Waals surface area contributed by atoms with E-state index in [2.05, 4.69) is 20.5 Å². The second-order valence-electron chi connectivity index (χ2n) is 7.17. The van der Waals surface area contributed by atoms with Crippen molar-refractivity contribution in [3.05, 3.63) is 80.7 Å². The van der Waals surface area contributed by atoms with Gasteiger partial charge >= 0.3 is 0 Å². The number of non-ortho nitro benzene ring substituents is 2. The van der Waals surface area contributed by atoms with Gasteiger partial charge in [0.15, 0.2) is 11.6 Å². The maximum atomic E-state index is 12.8. The van der Waals surface area contributed by atoms with Crippen LogP contribution in [0.3, 0.4) is 0 Å². The van der Waals surface area contributed by atoms with E-state index in [0.717, 1.165) is 23.9 Å². The first-order valence-electron chi connectivity index (χ1n) is 9.89. The highest BCUT2D eigenvalue weighted by Gasteiger charge is 2.26. The van der Waals surface area contributed by atoms with Crippen LogP contribution in [0, 0.1) is 20.2 Å². The number of pyridine rings is 1. The number of nitro groups is 2. The van der Waals surface area contributed by atoms with E-state index in [1.807, 2.05) is 23.1 Å². The fraction of sp³-hybridized carbons (Fsp3) is 0.200. The molecule has 1 saturated heterocycles. The van der Waals surface area contributed by atoms with Crippen LogP contribution in [0.4, 0.5) is 28.7 Å². The predicted molar refractivity (Wildman–Crippen MR) is 117 cm³/mol. The van der Waals surface area contributed by atoms with Gasteiger partial charge in [0.25, 0.3) is 17.3 Å². The van der Waals surface area contributed by atoms with Crippen LogP contribution in [-0.2, 0) is 0 Å². The molecule has 1 aliphatic heterocycles. The Hall–Kier alpha value is -4.68. The first-order valence-corrected chi connectivity index (χ1v) is 9.89. The number of hydrogen-bond acceptors (Lipinski definition) is 10. The van der Waals surface area contributed by atoms with Gasteiger partial charge in [-0.25, -0.2) is 0 Å². The second kappa shape index (κ2) is 9.21. The Labute approximate surface area is 187 Å². The maximum Gasteiger partial charge on any atom is 0.277 e. The van der Waals surface area contributed by atoms with Crippen molar-refractivity contribution in [3.63, 3.8) is 0 Å². The molecular formula is C20H18N8O5. The van der Waals surface area contributed by atoms with Crippen LogP contribution in [0.2, 0.25) is 0 Å². The molecule has 33 heavy (non-hydrogen) atoms.